The topological polar surface area (TPSA) is 65.2 Å². The molecule has 1 saturated heterocycles. The Bertz CT molecular complexity index is 1030. The van der Waals surface area contributed by atoms with E-state index in [0.717, 1.165) is 19.5 Å². The molecule has 0 saturated carbocycles. The van der Waals surface area contributed by atoms with Gasteiger partial charge in [-0.3, -0.25) is 9.79 Å². The molecule has 1 heterocycles. The Morgan fingerprint density at radius 3 is 2.41 bits per heavy atom. The van der Waals surface area contributed by atoms with Crippen LogP contribution < -0.4 is 15.5 Å². The van der Waals surface area contributed by atoms with Crippen molar-refractivity contribution in [1.82, 2.24) is 4.90 Å². The van der Waals surface area contributed by atoms with Crippen molar-refractivity contribution in [3.63, 3.8) is 0 Å². The van der Waals surface area contributed by atoms with Gasteiger partial charge in [-0.25, -0.2) is 8.78 Å². The van der Waals surface area contributed by atoms with Gasteiger partial charge in [-0.1, -0.05) is 0 Å². The van der Waals surface area contributed by atoms with Crippen LogP contribution in [-0.2, 0) is 4.79 Å². The predicted octanol–water partition coefficient (Wildman–Crippen LogP) is 3.70. The Hall–Kier alpha value is -3.26. The van der Waals surface area contributed by atoms with Crippen LogP contribution in [-0.4, -0.2) is 56.8 Å². The van der Waals surface area contributed by atoms with E-state index in [9.17, 15) is 13.6 Å². The summed E-state index contributed by atoms with van der Waals surface area (Å²) in [5.74, 6) is -1.17. The van der Waals surface area contributed by atoms with Gasteiger partial charge < -0.3 is 20.4 Å². The number of anilines is 2. The lowest BCUT2D eigenvalue weighted by atomic mass is 10.1. The number of aliphatic imine (C=N–C) groups is 1. The molecule has 6 nitrogen and oxygen atoms in total. The fourth-order valence-corrected chi connectivity index (χ4v) is 3.76. The Kier molecular flexibility index (Phi) is 7.25. The second-order valence-corrected chi connectivity index (χ2v) is 8.11. The highest BCUT2D eigenvalue weighted by Crippen LogP contribution is 2.29. The lowest BCUT2D eigenvalue weighted by molar-refractivity contribution is -0.114. The molecule has 1 amide bonds. The van der Waals surface area contributed by atoms with Gasteiger partial charge in [0.15, 0.2) is 0 Å². The molecule has 0 aliphatic carbocycles. The van der Waals surface area contributed by atoms with E-state index in [1.807, 2.05) is 19.0 Å². The first-order chi connectivity index (χ1) is 15.2. The largest absolute Gasteiger partial charge is 0.404 e. The summed E-state index contributed by atoms with van der Waals surface area (Å²) in [6.07, 6.45) is 2.15. The van der Waals surface area contributed by atoms with Gasteiger partial charge in [0.2, 0.25) is 0 Å². The van der Waals surface area contributed by atoms with E-state index in [-0.39, 0.29) is 17.2 Å². The predicted molar refractivity (Wildman–Crippen MR) is 126 cm³/mol. The molecule has 1 unspecified atom stereocenters. The summed E-state index contributed by atoms with van der Waals surface area (Å²) in [6.45, 7) is 3.19. The third-order valence-electron chi connectivity index (χ3n) is 5.77. The van der Waals surface area contributed by atoms with Crippen molar-refractivity contribution >= 4 is 28.7 Å². The standard InChI is InChI=1S/C24H29F2N5O/c1-16(28-18-7-5-17(25)6-8-18)21(14-27)24(32)30(4)19-9-10-23(22(26)13-19)31-12-11-20(15-31)29(2)3/h5-10,13-14,20H,11-12,15,27H2,1-4H3. The van der Waals surface area contributed by atoms with Crippen molar-refractivity contribution < 1.29 is 13.6 Å². The molecule has 2 N–H and O–H groups in total. The highest BCUT2D eigenvalue weighted by atomic mass is 19.1. The monoisotopic (exact) mass is 441 g/mol. The summed E-state index contributed by atoms with van der Waals surface area (Å²) in [7, 11) is 5.61. The zero-order chi connectivity index (χ0) is 23.4. The maximum atomic E-state index is 14.9. The average molecular weight is 442 g/mol. The maximum absolute atomic E-state index is 14.9. The minimum atomic E-state index is -0.420. The lowest BCUT2D eigenvalue weighted by Crippen LogP contribution is -2.32. The molecule has 1 aliphatic rings. The van der Waals surface area contributed by atoms with Crippen LogP contribution >= 0.6 is 0 Å². The normalized spacial score (nSPS) is 17.2. The van der Waals surface area contributed by atoms with Crippen molar-refractivity contribution in [3.8, 4) is 0 Å². The van der Waals surface area contributed by atoms with Crippen molar-refractivity contribution in [2.75, 3.05) is 44.0 Å². The van der Waals surface area contributed by atoms with Crippen LogP contribution in [0.25, 0.3) is 0 Å². The van der Waals surface area contributed by atoms with E-state index in [1.54, 1.807) is 26.1 Å². The smallest absolute Gasteiger partial charge is 0.261 e. The molecule has 8 heteroatoms. The van der Waals surface area contributed by atoms with Gasteiger partial charge in [0.1, 0.15) is 11.6 Å². The van der Waals surface area contributed by atoms with Crippen LogP contribution in [0, 0.1) is 11.6 Å². The Balaban J connectivity index is 1.77. The zero-order valence-electron chi connectivity index (χ0n) is 18.8. The second kappa shape index (κ2) is 9.91. The van der Waals surface area contributed by atoms with E-state index in [1.165, 1.54) is 41.4 Å². The van der Waals surface area contributed by atoms with E-state index in [2.05, 4.69) is 9.89 Å². The summed E-state index contributed by atoms with van der Waals surface area (Å²) in [6, 6.07) is 10.8. The summed E-state index contributed by atoms with van der Waals surface area (Å²) >= 11 is 0. The first-order valence-corrected chi connectivity index (χ1v) is 10.4. The molecular formula is C24H29F2N5O. The van der Waals surface area contributed by atoms with Crippen LogP contribution in [0.4, 0.5) is 25.8 Å². The van der Waals surface area contributed by atoms with E-state index < -0.39 is 5.91 Å². The Morgan fingerprint density at radius 1 is 1.16 bits per heavy atom. The van der Waals surface area contributed by atoms with Crippen LogP contribution in [0.15, 0.2) is 59.2 Å². The van der Waals surface area contributed by atoms with Gasteiger partial charge in [-0.15, -0.1) is 0 Å². The number of rotatable bonds is 6. The van der Waals surface area contributed by atoms with Gasteiger partial charge >= 0.3 is 0 Å². The number of carbonyl (C=O) groups excluding carboxylic acids is 1. The lowest BCUT2D eigenvalue weighted by Gasteiger charge is -2.24. The first-order valence-electron chi connectivity index (χ1n) is 10.4. The third kappa shape index (κ3) is 5.13. The molecule has 3 rings (SSSR count). The summed E-state index contributed by atoms with van der Waals surface area (Å²) in [5.41, 5.74) is 7.69. The number of hydrogen-bond acceptors (Lipinski definition) is 5. The maximum Gasteiger partial charge on any atom is 0.261 e. The first kappa shape index (κ1) is 23.4. The van der Waals surface area contributed by atoms with Crippen LogP contribution in [0.5, 0.6) is 0 Å². The fraction of sp³-hybridized carbons (Fsp3) is 0.333. The number of hydrogen-bond donors (Lipinski definition) is 1. The second-order valence-electron chi connectivity index (χ2n) is 8.11. The highest BCUT2D eigenvalue weighted by Gasteiger charge is 2.26. The van der Waals surface area contributed by atoms with E-state index in [4.69, 9.17) is 5.73 Å². The van der Waals surface area contributed by atoms with Crippen molar-refractivity contribution in [2.24, 2.45) is 10.7 Å². The van der Waals surface area contributed by atoms with Gasteiger partial charge in [-0.2, -0.15) is 0 Å². The van der Waals surface area contributed by atoms with Gasteiger partial charge in [0, 0.05) is 38.1 Å². The quantitative estimate of drug-likeness (QED) is 0.548. The molecule has 170 valence electrons. The molecule has 0 radical (unpaired) electrons. The van der Waals surface area contributed by atoms with Gasteiger partial charge in [-0.05, 0) is 69.9 Å². The number of benzene rings is 2. The van der Waals surface area contributed by atoms with Crippen LogP contribution in [0.2, 0.25) is 0 Å². The number of likely N-dealkylation sites (N-methyl/N-ethyl adjacent to an activating group) is 2. The van der Waals surface area contributed by atoms with E-state index >= 15 is 0 Å². The molecule has 2 aromatic rings. The Morgan fingerprint density at radius 2 is 1.84 bits per heavy atom. The summed E-state index contributed by atoms with van der Waals surface area (Å²) < 4.78 is 28.0. The minimum Gasteiger partial charge on any atom is -0.404 e. The number of halogens is 2. The summed E-state index contributed by atoms with van der Waals surface area (Å²) in [4.78, 5) is 22.9. The minimum absolute atomic E-state index is 0.176. The average Bonchev–Trinajstić information content (AvgIpc) is 3.25. The highest BCUT2D eigenvalue weighted by molar-refractivity contribution is 6.25. The molecular weight excluding hydrogens is 412 g/mol. The van der Waals surface area contributed by atoms with Gasteiger partial charge in [0.05, 0.1) is 22.7 Å². The fourth-order valence-electron chi connectivity index (χ4n) is 3.76. The molecule has 1 aliphatic heterocycles. The zero-order valence-corrected chi connectivity index (χ0v) is 18.8. The molecule has 0 aromatic heterocycles. The van der Waals surface area contributed by atoms with E-state index in [0.29, 0.717) is 28.8 Å². The Labute approximate surface area is 187 Å². The van der Waals surface area contributed by atoms with Crippen molar-refractivity contribution in [3.05, 3.63) is 65.9 Å². The molecule has 0 bridgehead atoms. The molecule has 1 fully saturated rings. The number of nitrogens with zero attached hydrogens (tertiary/aromatic N) is 4. The number of carbonyl (C=O) groups is 1. The third-order valence-corrected chi connectivity index (χ3v) is 5.77. The van der Waals surface area contributed by atoms with Crippen LogP contribution in [0.3, 0.4) is 0 Å². The number of amides is 1. The SMILES string of the molecule is CC(=Nc1ccc(F)cc1)C(=CN)C(=O)N(C)c1ccc(N2CCC(N(C)C)C2)c(F)c1. The molecule has 0 spiro atoms. The molecule has 1 atom stereocenters. The molecule has 2 aromatic carbocycles. The van der Waals surface area contributed by atoms with Crippen molar-refractivity contribution in [1.29, 1.82) is 0 Å². The van der Waals surface area contributed by atoms with Crippen LogP contribution in [0.1, 0.15) is 13.3 Å². The van der Waals surface area contributed by atoms with Crippen molar-refractivity contribution in [2.45, 2.75) is 19.4 Å². The summed E-state index contributed by atoms with van der Waals surface area (Å²) in [5, 5.41) is 0. The molecule has 32 heavy (non-hydrogen) atoms. The number of nitrogens with two attached hydrogens (primary N) is 1. The van der Waals surface area contributed by atoms with Gasteiger partial charge in [0.25, 0.3) is 5.91 Å².